The van der Waals surface area contributed by atoms with Gasteiger partial charge in [-0.05, 0) is 17.7 Å². The summed E-state index contributed by atoms with van der Waals surface area (Å²) in [5.41, 5.74) is 0. The molecule has 0 N–H and O–H groups in total. The summed E-state index contributed by atoms with van der Waals surface area (Å²) < 4.78 is 18.5. The van der Waals surface area contributed by atoms with Gasteiger partial charge < -0.3 is 4.52 Å². The van der Waals surface area contributed by atoms with Crippen LogP contribution >= 0.6 is 18.1 Å². The Labute approximate surface area is 85.7 Å². The van der Waals surface area contributed by atoms with Crippen molar-refractivity contribution in [2.75, 3.05) is 19.7 Å². The lowest BCUT2D eigenvalue weighted by molar-refractivity contribution is 0.273. The van der Waals surface area contributed by atoms with Gasteiger partial charge in [-0.1, -0.05) is 27.2 Å². The van der Waals surface area contributed by atoms with Crippen molar-refractivity contribution >= 4 is 18.1 Å². The van der Waals surface area contributed by atoms with Gasteiger partial charge in [0.15, 0.2) is 0 Å². The molecule has 0 aromatic rings. The van der Waals surface area contributed by atoms with Crippen molar-refractivity contribution in [1.29, 1.82) is 0 Å². The maximum Gasteiger partial charge on any atom is 0.363 e. The molecule has 0 saturated heterocycles. The van der Waals surface area contributed by atoms with E-state index in [0.717, 1.165) is 12.8 Å². The van der Waals surface area contributed by atoms with Crippen LogP contribution in [0.25, 0.3) is 0 Å². The van der Waals surface area contributed by atoms with Crippen LogP contribution in [0.2, 0.25) is 0 Å². The molecule has 5 heteroatoms. The minimum atomic E-state index is -3.03. The Morgan fingerprint density at radius 3 is 2.23 bits per heavy atom. The van der Waals surface area contributed by atoms with Crippen molar-refractivity contribution < 1.29 is 9.09 Å². The third kappa shape index (κ3) is 5.02. The first kappa shape index (κ1) is 13.4. The minimum Gasteiger partial charge on any atom is -0.306 e. The van der Waals surface area contributed by atoms with Crippen LogP contribution in [0.5, 0.6) is 0 Å². The van der Waals surface area contributed by atoms with E-state index in [1.807, 2.05) is 13.8 Å². The molecule has 0 aliphatic carbocycles. The summed E-state index contributed by atoms with van der Waals surface area (Å²) in [6, 6.07) is 0. The van der Waals surface area contributed by atoms with Crippen molar-refractivity contribution in [3.05, 3.63) is 0 Å². The molecule has 0 aromatic heterocycles. The van der Waals surface area contributed by atoms with E-state index < -0.39 is 6.87 Å². The Morgan fingerprint density at radius 1 is 1.31 bits per heavy atom. The molecule has 0 bridgehead atoms. The monoisotopic (exact) mass is 227 g/mol. The van der Waals surface area contributed by atoms with E-state index in [2.05, 4.69) is 6.92 Å². The molecular weight excluding hydrogens is 209 g/mol. The molecule has 0 spiro atoms. The van der Waals surface area contributed by atoms with Gasteiger partial charge in [-0.25, -0.2) is 4.67 Å². The highest BCUT2D eigenvalue weighted by molar-refractivity contribution is 7.83. The average Bonchev–Trinajstić information content (AvgIpc) is 2.06. The first-order valence-corrected chi connectivity index (χ1v) is 7.26. The molecule has 0 aliphatic rings. The lowest BCUT2D eigenvalue weighted by Gasteiger charge is -2.23. The van der Waals surface area contributed by atoms with Gasteiger partial charge in [-0.2, -0.15) is 0 Å². The first-order valence-electron chi connectivity index (χ1n) is 4.78. The van der Waals surface area contributed by atoms with Crippen LogP contribution in [0.3, 0.4) is 0 Å². The molecule has 0 saturated carbocycles. The highest BCUT2D eigenvalue weighted by Gasteiger charge is 2.26. The second-order valence-corrected chi connectivity index (χ2v) is 5.79. The van der Waals surface area contributed by atoms with Crippen LogP contribution in [0.4, 0.5) is 0 Å². The number of hydrogen-bond donors (Lipinski definition) is 0. The van der Waals surface area contributed by atoms with E-state index >= 15 is 0 Å². The maximum atomic E-state index is 11.7. The molecule has 1 atom stereocenters. The zero-order valence-corrected chi connectivity index (χ0v) is 10.3. The van der Waals surface area contributed by atoms with Gasteiger partial charge in [0.25, 0.3) is 0 Å². The topological polar surface area (TPSA) is 29.5 Å². The van der Waals surface area contributed by atoms with E-state index in [4.69, 9.17) is 15.8 Å². The van der Waals surface area contributed by atoms with Crippen LogP contribution in [0.15, 0.2) is 0 Å². The summed E-state index contributed by atoms with van der Waals surface area (Å²) in [4.78, 5) is 0. The third-order valence-electron chi connectivity index (χ3n) is 1.82. The lowest BCUT2D eigenvalue weighted by atomic mass is 10.4. The van der Waals surface area contributed by atoms with E-state index in [9.17, 15) is 4.57 Å². The standard InChI is InChI=1S/C8H19ClNO2P/c1-4-7-8-12-13(9,11)10(5-2)6-3/h4-8H2,1-3H3. The van der Waals surface area contributed by atoms with Gasteiger partial charge in [0.1, 0.15) is 0 Å². The summed E-state index contributed by atoms with van der Waals surface area (Å²) in [6.45, 7) is 4.66. The number of unbranched alkanes of at least 4 members (excludes halogenated alkanes) is 1. The Bertz CT molecular complexity index is 174. The molecule has 0 aromatic carbocycles. The quantitative estimate of drug-likeness (QED) is 0.493. The lowest BCUT2D eigenvalue weighted by Crippen LogP contribution is -2.18. The van der Waals surface area contributed by atoms with Gasteiger partial charge in [-0.15, -0.1) is 0 Å². The second kappa shape index (κ2) is 6.83. The van der Waals surface area contributed by atoms with Gasteiger partial charge >= 0.3 is 6.87 Å². The maximum absolute atomic E-state index is 11.7. The SMILES string of the molecule is CCCCOP(=O)(Cl)N(CC)CC. The molecule has 0 fully saturated rings. The molecule has 80 valence electrons. The van der Waals surface area contributed by atoms with E-state index in [1.54, 1.807) is 4.67 Å². The molecule has 0 aliphatic heterocycles. The summed E-state index contributed by atoms with van der Waals surface area (Å²) in [6.07, 6.45) is 1.92. The predicted octanol–water partition coefficient (Wildman–Crippen LogP) is 3.49. The summed E-state index contributed by atoms with van der Waals surface area (Å²) >= 11 is 5.80. The summed E-state index contributed by atoms with van der Waals surface area (Å²) in [5, 5.41) is 0. The van der Waals surface area contributed by atoms with Gasteiger partial charge in [0.05, 0.1) is 6.61 Å². The van der Waals surface area contributed by atoms with E-state index in [1.165, 1.54) is 0 Å². The zero-order valence-electron chi connectivity index (χ0n) is 8.62. The Balaban J connectivity index is 3.97. The highest BCUT2D eigenvalue weighted by atomic mass is 35.7. The smallest absolute Gasteiger partial charge is 0.306 e. The largest absolute Gasteiger partial charge is 0.363 e. The molecule has 0 amide bonds. The minimum absolute atomic E-state index is 0.480. The molecule has 0 radical (unpaired) electrons. The van der Waals surface area contributed by atoms with Crippen molar-refractivity contribution in [1.82, 2.24) is 4.67 Å². The van der Waals surface area contributed by atoms with E-state index in [-0.39, 0.29) is 0 Å². The van der Waals surface area contributed by atoms with Crippen LogP contribution < -0.4 is 0 Å². The van der Waals surface area contributed by atoms with Crippen molar-refractivity contribution in [2.24, 2.45) is 0 Å². The molecule has 0 heterocycles. The van der Waals surface area contributed by atoms with Gasteiger partial charge in [0, 0.05) is 13.1 Å². The number of nitrogens with zero attached hydrogens (tertiary/aromatic N) is 1. The van der Waals surface area contributed by atoms with Crippen LogP contribution in [0.1, 0.15) is 33.6 Å². The number of halogens is 1. The van der Waals surface area contributed by atoms with Crippen LogP contribution in [-0.4, -0.2) is 24.4 Å². The molecule has 13 heavy (non-hydrogen) atoms. The fraction of sp³-hybridized carbons (Fsp3) is 1.00. The van der Waals surface area contributed by atoms with Gasteiger partial charge in [0.2, 0.25) is 0 Å². The fourth-order valence-electron chi connectivity index (χ4n) is 0.965. The molecule has 3 nitrogen and oxygen atoms in total. The van der Waals surface area contributed by atoms with Crippen molar-refractivity contribution in [3.8, 4) is 0 Å². The highest BCUT2D eigenvalue weighted by Crippen LogP contribution is 2.55. The summed E-state index contributed by atoms with van der Waals surface area (Å²) in [7, 11) is 0. The average molecular weight is 228 g/mol. The fourth-order valence-corrected chi connectivity index (χ4v) is 3.01. The Kier molecular flexibility index (Phi) is 7.06. The summed E-state index contributed by atoms with van der Waals surface area (Å²) in [5.74, 6) is 0. The van der Waals surface area contributed by atoms with Gasteiger partial charge in [-0.3, -0.25) is 4.57 Å². The molecule has 0 rings (SSSR count). The predicted molar refractivity (Wildman–Crippen MR) is 57.2 cm³/mol. The molecule has 1 unspecified atom stereocenters. The normalized spacial score (nSPS) is 16.1. The van der Waals surface area contributed by atoms with Crippen molar-refractivity contribution in [2.45, 2.75) is 33.6 Å². The Hall–Kier alpha value is 0.440. The van der Waals surface area contributed by atoms with Crippen LogP contribution in [-0.2, 0) is 9.09 Å². The van der Waals surface area contributed by atoms with Crippen LogP contribution in [0, 0.1) is 0 Å². The third-order valence-corrected chi connectivity index (χ3v) is 4.49. The van der Waals surface area contributed by atoms with Crippen molar-refractivity contribution in [3.63, 3.8) is 0 Å². The number of rotatable bonds is 7. The first-order chi connectivity index (χ1) is 6.08. The molecular formula is C8H19ClNO2P. The Morgan fingerprint density at radius 2 is 1.85 bits per heavy atom. The zero-order chi connectivity index (χ0) is 10.3. The second-order valence-electron chi connectivity index (χ2n) is 2.78. The van der Waals surface area contributed by atoms with E-state index in [0.29, 0.717) is 19.7 Å². The number of hydrogen-bond acceptors (Lipinski definition) is 2.